The fourth-order valence-electron chi connectivity index (χ4n) is 2.88. The standard InChI is InChI=1S/C22H23N3O/c1-25(2)16-21(19-6-4-3-5-7-19)24-22(26)20-10-8-17(9-11-20)18-12-14-23-15-13-18/h3-15,21H,16H2,1-2H3,(H,24,26). The van der Waals surface area contributed by atoms with Gasteiger partial charge in [-0.15, -0.1) is 0 Å². The first-order valence-electron chi connectivity index (χ1n) is 8.64. The quantitative estimate of drug-likeness (QED) is 0.739. The lowest BCUT2D eigenvalue weighted by Crippen LogP contribution is -2.35. The van der Waals surface area contributed by atoms with Gasteiger partial charge in [0.05, 0.1) is 6.04 Å². The predicted octanol–water partition coefficient (Wildman–Crippen LogP) is 3.78. The average Bonchev–Trinajstić information content (AvgIpc) is 2.68. The van der Waals surface area contributed by atoms with E-state index in [-0.39, 0.29) is 11.9 Å². The summed E-state index contributed by atoms with van der Waals surface area (Å²) in [6.07, 6.45) is 3.53. The second-order valence-electron chi connectivity index (χ2n) is 6.51. The SMILES string of the molecule is CN(C)CC(NC(=O)c1ccc(-c2ccncc2)cc1)c1ccccc1. The molecule has 1 amide bonds. The van der Waals surface area contributed by atoms with E-state index >= 15 is 0 Å². The summed E-state index contributed by atoms with van der Waals surface area (Å²) in [5.41, 5.74) is 3.91. The molecule has 3 aromatic rings. The minimum atomic E-state index is -0.0676. The third-order valence-corrected chi connectivity index (χ3v) is 4.22. The lowest BCUT2D eigenvalue weighted by atomic mass is 10.0. The topological polar surface area (TPSA) is 45.2 Å². The van der Waals surface area contributed by atoms with Crippen LogP contribution in [-0.4, -0.2) is 36.4 Å². The van der Waals surface area contributed by atoms with Gasteiger partial charge >= 0.3 is 0 Å². The minimum Gasteiger partial charge on any atom is -0.344 e. The highest BCUT2D eigenvalue weighted by molar-refractivity contribution is 5.95. The molecular weight excluding hydrogens is 322 g/mol. The molecule has 1 unspecified atom stereocenters. The molecular formula is C22H23N3O. The number of hydrogen-bond donors (Lipinski definition) is 1. The van der Waals surface area contributed by atoms with Crippen LogP contribution in [0, 0.1) is 0 Å². The van der Waals surface area contributed by atoms with Crippen molar-refractivity contribution < 1.29 is 4.79 Å². The lowest BCUT2D eigenvalue weighted by Gasteiger charge is -2.23. The number of likely N-dealkylation sites (N-methyl/N-ethyl adjacent to an activating group) is 1. The zero-order chi connectivity index (χ0) is 18.4. The second-order valence-corrected chi connectivity index (χ2v) is 6.51. The van der Waals surface area contributed by atoms with Crippen LogP contribution in [0.3, 0.4) is 0 Å². The summed E-state index contributed by atoms with van der Waals surface area (Å²) in [4.78, 5) is 18.8. The van der Waals surface area contributed by atoms with Crippen LogP contribution in [0.4, 0.5) is 0 Å². The van der Waals surface area contributed by atoms with Crippen LogP contribution in [0.5, 0.6) is 0 Å². The molecule has 1 atom stereocenters. The van der Waals surface area contributed by atoms with Crippen molar-refractivity contribution >= 4 is 5.91 Å². The van der Waals surface area contributed by atoms with Crippen molar-refractivity contribution in [2.75, 3.05) is 20.6 Å². The van der Waals surface area contributed by atoms with Crippen LogP contribution in [0.1, 0.15) is 22.0 Å². The fraction of sp³-hybridized carbons (Fsp3) is 0.182. The molecule has 0 aliphatic rings. The molecule has 1 heterocycles. The molecule has 0 saturated carbocycles. The van der Waals surface area contributed by atoms with E-state index in [9.17, 15) is 4.79 Å². The Bertz CT molecular complexity index is 830. The van der Waals surface area contributed by atoms with Gasteiger partial charge in [0.1, 0.15) is 0 Å². The number of carbonyl (C=O) groups is 1. The van der Waals surface area contributed by atoms with Crippen LogP contribution in [-0.2, 0) is 0 Å². The van der Waals surface area contributed by atoms with E-state index < -0.39 is 0 Å². The van der Waals surface area contributed by atoms with Crippen LogP contribution >= 0.6 is 0 Å². The van der Waals surface area contributed by atoms with Crippen LogP contribution in [0.2, 0.25) is 0 Å². The highest BCUT2D eigenvalue weighted by atomic mass is 16.1. The number of pyridine rings is 1. The van der Waals surface area contributed by atoms with Crippen molar-refractivity contribution in [3.8, 4) is 11.1 Å². The minimum absolute atomic E-state index is 0.0569. The van der Waals surface area contributed by atoms with Gasteiger partial charge in [0.15, 0.2) is 0 Å². The molecule has 0 saturated heterocycles. The molecule has 0 fully saturated rings. The smallest absolute Gasteiger partial charge is 0.251 e. The summed E-state index contributed by atoms with van der Waals surface area (Å²) in [5.74, 6) is -0.0676. The molecule has 3 rings (SSSR count). The number of nitrogens with one attached hydrogen (secondary N) is 1. The molecule has 2 aromatic carbocycles. The maximum absolute atomic E-state index is 12.7. The molecule has 0 aliphatic heterocycles. The first kappa shape index (κ1) is 17.8. The van der Waals surface area contributed by atoms with E-state index in [1.165, 1.54) is 0 Å². The van der Waals surface area contributed by atoms with Crippen molar-refractivity contribution in [2.24, 2.45) is 0 Å². The number of carbonyl (C=O) groups excluding carboxylic acids is 1. The van der Waals surface area contributed by atoms with Gasteiger partial charge < -0.3 is 10.2 Å². The van der Waals surface area contributed by atoms with E-state index in [2.05, 4.69) is 15.2 Å². The maximum Gasteiger partial charge on any atom is 0.251 e. The van der Waals surface area contributed by atoms with Crippen LogP contribution in [0.15, 0.2) is 79.1 Å². The monoisotopic (exact) mass is 345 g/mol. The highest BCUT2D eigenvalue weighted by Gasteiger charge is 2.16. The maximum atomic E-state index is 12.7. The van der Waals surface area contributed by atoms with E-state index in [4.69, 9.17) is 0 Å². The summed E-state index contributed by atoms with van der Waals surface area (Å²) < 4.78 is 0. The molecule has 0 spiro atoms. The highest BCUT2D eigenvalue weighted by Crippen LogP contribution is 2.19. The number of aromatic nitrogens is 1. The summed E-state index contributed by atoms with van der Waals surface area (Å²) >= 11 is 0. The number of hydrogen-bond acceptors (Lipinski definition) is 3. The van der Waals surface area contributed by atoms with Gasteiger partial charge in [-0.05, 0) is 55.1 Å². The van der Waals surface area contributed by atoms with Gasteiger partial charge in [-0.3, -0.25) is 9.78 Å². The zero-order valence-electron chi connectivity index (χ0n) is 15.1. The lowest BCUT2D eigenvalue weighted by molar-refractivity contribution is 0.0930. The molecule has 1 N–H and O–H groups in total. The Morgan fingerprint density at radius 2 is 1.54 bits per heavy atom. The van der Waals surface area contributed by atoms with Crippen molar-refractivity contribution in [3.63, 3.8) is 0 Å². The molecule has 1 aromatic heterocycles. The van der Waals surface area contributed by atoms with E-state index in [1.54, 1.807) is 12.4 Å². The first-order chi connectivity index (χ1) is 12.6. The Morgan fingerprint density at radius 3 is 2.15 bits per heavy atom. The summed E-state index contributed by atoms with van der Waals surface area (Å²) in [7, 11) is 4.01. The third-order valence-electron chi connectivity index (χ3n) is 4.22. The second kappa shape index (κ2) is 8.41. The van der Waals surface area contributed by atoms with E-state index in [0.717, 1.165) is 23.2 Å². The largest absolute Gasteiger partial charge is 0.344 e. The Hall–Kier alpha value is -2.98. The van der Waals surface area contributed by atoms with Gasteiger partial charge in [0.25, 0.3) is 5.91 Å². The van der Waals surface area contributed by atoms with Crippen molar-refractivity contribution in [3.05, 3.63) is 90.3 Å². The molecule has 0 aliphatic carbocycles. The van der Waals surface area contributed by atoms with E-state index in [0.29, 0.717) is 5.56 Å². The van der Waals surface area contributed by atoms with Crippen molar-refractivity contribution in [1.29, 1.82) is 0 Å². The average molecular weight is 345 g/mol. The fourth-order valence-corrected chi connectivity index (χ4v) is 2.88. The van der Waals surface area contributed by atoms with Gasteiger partial charge in [-0.2, -0.15) is 0 Å². The summed E-state index contributed by atoms with van der Waals surface area (Å²) in [5, 5.41) is 3.15. The number of rotatable bonds is 6. The Labute approximate surface area is 154 Å². The zero-order valence-corrected chi connectivity index (χ0v) is 15.1. The Morgan fingerprint density at radius 1 is 0.923 bits per heavy atom. The Balaban J connectivity index is 1.75. The predicted molar refractivity (Wildman–Crippen MR) is 105 cm³/mol. The molecule has 26 heavy (non-hydrogen) atoms. The molecule has 0 radical (unpaired) electrons. The van der Waals surface area contributed by atoms with Gasteiger partial charge in [0, 0.05) is 24.5 Å². The first-order valence-corrected chi connectivity index (χ1v) is 8.64. The van der Waals surface area contributed by atoms with Gasteiger partial charge in [-0.25, -0.2) is 0 Å². The van der Waals surface area contributed by atoms with Crippen LogP contribution in [0.25, 0.3) is 11.1 Å². The summed E-state index contributed by atoms with van der Waals surface area (Å²) in [6.45, 7) is 0.741. The summed E-state index contributed by atoms with van der Waals surface area (Å²) in [6, 6.07) is 21.6. The molecule has 4 nitrogen and oxygen atoms in total. The van der Waals surface area contributed by atoms with Crippen molar-refractivity contribution in [2.45, 2.75) is 6.04 Å². The van der Waals surface area contributed by atoms with Crippen molar-refractivity contribution in [1.82, 2.24) is 15.2 Å². The molecule has 0 bridgehead atoms. The van der Waals surface area contributed by atoms with Gasteiger partial charge in [-0.1, -0.05) is 42.5 Å². The number of benzene rings is 2. The van der Waals surface area contributed by atoms with E-state index in [1.807, 2.05) is 80.8 Å². The normalized spacial score (nSPS) is 12.0. The Kier molecular flexibility index (Phi) is 5.77. The van der Waals surface area contributed by atoms with Gasteiger partial charge in [0.2, 0.25) is 0 Å². The molecule has 4 heteroatoms. The third kappa shape index (κ3) is 4.55. The number of nitrogens with zero attached hydrogens (tertiary/aromatic N) is 2. The molecule has 132 valence electrons. The number of amides is 1. The van der Waals surface area contributed by atoms with Crippen LogP contribution < -0.4 is 5.32 Å².